The topological polar surface area (TPSA) is 3.24 Å². The van der Waals surface area contributed by atoms with Crippen LogP contribution in [0.4, 0.5) is 0 Å². The van der Waals surface area contributed by atoms with E-state index in [1.54, 1.807) is 0 Å². The van der Waals surface area contributed by atoms with E-state index >= 15 is 0 Å². The molecule has 0 amide bonds. The number of hydrogen-bond donors (Lipinski definition) is 0. The third-order valence-electron chi connectivity index (χ3n) is 1.47. The summed E-state index contributed by atoms with van der Waals surface area (Å²) in [7, 11) is 4.21. The minimum absolute atomic E-state index is 0. The standard InChI is InChI=1S/C6H15N.2CH4/c1-5-6(2)7(3)4;;/h6H,5H2,1-4H3;2*1H4. The lowest BCUT2D eigenvalue weighted by atomic mass is 10.2. The van der Waals surface area contributed by atoms with Crippen molar-refractivity contribution in [3.8, 4) is 0 Å². The summed E-state index contributed by atoms with van der Waals surface area (Å²) >= 11 is 0. The molecule has 0 saturated carbocycles. The average molecular weight is 133 g/mol. The zero-order valence-electron chi connectivity index (χ0n) is 5.73. The summed E-state index contributed by atoms with van der Waals surface area (Å²) < 4.78 is 0. The molecule has 0 N–H and O–H groups in total. The Morgan fingerprint density at radius 2 is 1.56 bits per heavy atom. The van der Waals surface area contributed by atoms with E-state index in [4.69, 9.17) is 0 Å². The van der Waals surface area contributed by atoms with Crippen LogP contribution in [0.5, 0.6) is 0 Å². The Morgan fingerprint density at radius 3 is 1.56 bits per heavy atom. The summed E-state index contributed by atoms with van der Waals surface area (Å²) in [5.41, 5.74) is 0. The molecule has 0 aliphatic heterocycles. The Balaban J connectivity index is -0.000000180. The zero-order valence-corrected chi connectivity index (χ0v) is 5.73. The zero-order chi connectivity index (χ0) is 5.86. The molecule has 0 aliphatic rings. The summed E-state index contributed by atoms with van der Waals surface area (Å²) in [6, 6.07) is 0.736. The third-order valence-corrected chi connectivity index (χ3v) is 1.47. The number of nitrogens with zero attached hydrogens (tertiary/aromatic N) is 1. The van der Waals surface area contributed by atoms with E-state index in [9.17, 15) is 0 Å². The fourth-order valence-electron chi connectivity index (χ4n) is 0.365. The maximum atomic E-state index is 2.22. The average Bonchev–Trinajstić information content (AvgIpc) is 1.65. The van der Waals surface area contributed by atoms with Crippen LogP contribution < -0.4 is 0 Å². The van der Waals surface area contributed by atoms with Crippen LogP contribution in [-0.2, 0) is 0 Å². The Morgan fingerprint density at radius 1 is 1.22 bits per heavy atom. The van der Waals surface area contributed by atoms with E-state index in [0.717, 1.165) is 6.04 Å². The van der Waals surface area contributed by atoms with Crippen molar-refractivity contribution in [1.82, 2.24) is 4.90 Å². The smallest absolute Gasteiger partial charge is 0.00582 e. The van der Waals surface area contributed by atoms with E-state index in [0.29, 0.717) is 0 Å². The second-order valence-corrected chi connectivity index (χ2v) is 2.22. The van der Waals surface area contributed by atoms with Gasteiger partial charge in [-0.05, 0) is 27.4 Å². The van der Waals surface area contributed by atoms with Crippen LogP contribution in [-0.4, -0.2) is 25.0 Å². The fraction of sp³-hybridized carbons (Fsp3) is 1.00. The van der Waals surface area contributed by atoms with Gasteiger partial charge in [0.25, 0.3) is 0 Å². The number of rotatable bonds is 2. The molecule has 0 aromatic carbocycles. The van der Waals surface area contributed by atoms with Gasteiger partial charge in [0, 0.05) is 6.04 Å². The summed E-state index contributed by atoms with van der Waals surface area (Å²) in [6.07, 6.45) is 1.24. The molecule has 60 valence electrons. The van der Waals surface area contributed by atoms with Crippen LogP contribution in [0.25, 0.3) is 0 Å². The van der Waals surface area contributed by atoms with Gasteiger partial charge in [-0.1, -0.05) is 21.8 Å². The molecule has 9 heavy (non-hydrogen) atoms. The number of hydrogen-bond acceptors (Lipinski definition) is 1. The molecule has 0 aromatic rings. The van der Waals surface area contributed by atoms with Crippen molar-refractivity contribution in [3.05, 3.63) is 0 Å². The van der Waals surface area contributed by atoms with Crippen LogP contribution >= 0.6 is 0 Å². The summed E-state index contributed by atoms with van der Waals surface area (Å²) in [4.78, 5) is 2.22. The maximum Gasteiger partial charge on any atom is 0.00582 e. The molecule has 0 radical (unpaired) electrons. The van der Waals surface area contributed by atoms with Gasteiger partial charge in [0.05, 0.1) is 0 Å². The van der Waals surface area contributed by atoms with E-state index in [1.165, 1.54) is 6.42 Å². The molecule has 1 heteroatoms. The summed E-state index contributed by atoms with van der Waals surface area (Å²) in [5.74, 6) is 0. The summed E-state index contributed by atoms with van der Waals surface area (Å²) in [6.45, 7) is 4.42. The van der Waals surface area contributed by atoms with Gasteiger partial charge in [0.1, 0.15) is 0 Å². The fourth-order valence-corrected chi connectivity index (χ4v) is 0.365. The highest BCUT2D eigenvalue weighted by atomic mass is 15.1. The quantitative estimate of drug-likeness (QED) is 0.559. The monoisotopic (exact) mass is 133 g/mol. The van der Waals surface area contributed by atoms with Gasteiger partial charge in [-0.15, -0.1) is 0 Å². The second-order valence-electron chi connectivity index (χ2n) is 2.22. The van der Waals surface area contributed by atoms with E-state index in [-0.39, 0.29) is 14.9 Å². The first kappa shape index (κ1) is 16.0. The normalized spacial score (nSPS) is 11.7. The molecular weight excluding hydrogens is 110 g/mol. The first-order valence-corrected chi connectivity index (χ1v) is 2.85. The Bertz CT molecular complexity index is 41.8. The molecule has 0 heterocycles. The molecule has 1 unspecified atom stereocenters. The molecule has 0 fully saturated rings. The van der Waals surface area contributed by atoms with Gasteiger partial charge in [0.15, 0.2) is 0 Å². The van der Waals surface area contributed by atoms with Gasteiger partial charge in [-0.25, -0.2) is 0 Å². The van der Waals surface area contributed by atoms with Crippen LogP contribution in [0.15, 0.2) is 0 Å². The molecular formula is C8H23N. The lowest BCUT2D eigenvalue weighted by molar-refractivity contribution is 0.307. The Kier molecular flexibility index (Phi) is 14.1. The summed E-state index contributed by atoms with van der Waals surface area (Å²) in [5, 5.41) is 0. The van der Waals surface area contributed by atoms with Gasteiger partial charge < -0.3 is 4.90 Å². The van der Waals surface area contributed by atoms with Crippen molar-refractivity contribution < 1.29 is 0 Å². The molecule has 0 saturated heterocycles. The van der Waals surface area contributed by atoms with E-state index < -0.39 is 0 Å². The predicted octanol–water partition coefficient (Wildman–Crippen LogP) is 2.62. The van der Waals surface area contributed by atoms with Gasteiger partial charge in [-0.3, -0.25) is 0 Å². The highest BCUT2D eigenvalue weighted by Crippen LogP contribution is 1.93. The van der Waals surface area contributed by atoms with Crippen molar-refractivity contribution in [2.45, 2.75) is 41.2 Å². The van der Waals surface area contributed by atoms with E-state index in [1.807, 2.05) is 0 Å². The van der Waals surface area contributed by atoms with Crippen LogP contribution in [0.3, 0.4) is 0 Å². The molecule has 0 aliphatic carbocycles. The van der Waals surface area contributed by atoms with Crippen LogP contribution in [0, 0.1) is 0 Å². The third kappa shape index (κ3) is 7.96. The van der Waals surface area contributed by atoms with Gasteiger partial charge >= 0.3 is 0 Å². The molecule has 0 bridgehead atoms. The molecule has 1 atom stereocenters. The highest BCUT2D eigenvalue weighted by molar-refractivity contribution is 4.53. The second kappa shape index (κ2) is 7.96. The van der Waals surface area contributed by atoms with Crippen molar-refractivity contribution in [2.75, 3.05) is 14.1 Å². The molecule has 0 spiro atoms. The highest BCUT2D eigenvalue weighted by Gasteiger charge is 1.96. The minimum atomic E-state index is 0. The van der Waals surface area contributed by atoms with Crippen LogP contribution in [0.2, 0.25) is 0 Å². The minimum Gasteiger partial charge on any atom is -0.307 e. The van der Waals surface area contributed by atoms with Crippen molar-refractivity contribution >= 4 is 0 Å². The lowest BCUT2D eigenvalue weighted by Crippen LogP contribution is -2.23. The first-order chi connectivity index (χ1) is 3.18. The van der Waals surface area contributed by atoms with Crippen molar-refractivity contribution in [1.29, 1.82) is 0 Å². The first-order valence-electron chi connectivity index (χ1n) is 2.85. The largest absolute Gasteiger partial charge is 0.307 e. The Hall–Kier alpha value is -0.0400. The SMILES string of the molecule is C.C.CCC(C)N(C)C. The van der Waals surface area contributed by atoms with Crippen molar-refractivity contribution in [3.63, 3.8) is 0 Å². The van der Waals surface area contributed by atoms with Crippen LogP contribution in [0.1, 0.15) is 35.1 Å². The lowest BCUT2D eigenvalue weighted by Gasteiger charge is -2.16. The van der Waals surface area contributed by atoms with Crippen molar-refractivity contribution in [2.24, 2.45) is 0 Å². The van der Waals surface area contributed by atoms with Gasteiger partial charge in [-0.2, -0.15) is 0 Å². The molecule has 0 rings (SSSR count). The molecule has 0 aromatic heterocycles. The van der Waals surface area contributed by atoms with E-state index in [2.05, 4.69) is 32.8 Å². The maximum absolute atomic E-state index is 2.22. The predicted molar refractivity (Wildman–Crippen MR) is 46.9 cm³/mol. The Labute approximate surface area is 61.1 Å². The van der Waals surface area contributed by atoms with Gasteiger partial charge in [0.2, 0.25) is 0 Å². The molecule has 1 nitrogen and oxygen atoms in total.